The minimum absolute atomic E-state index is 0.109. The molecule has 1 fully saturated rings. The van der Waals surface area contributed by atoms with Gasteiger partial charge in [-0.3, -0.25) is 9.52 Å². The normalized spacial score (nSPS) is 15.7. The van der Waals surface area contributed by atoms with Gasteiger partial charge in [0.15, 0.2) is 0 Å². The van der Waals surface area contributed by atoms with Gasteiger partial charge in [-0.05, 0) is 44.0 Å². The molecular weight excluding hydrogens is 350 g/mol. The van der Waals surface area contributed by atoms with Gasteiger partial charge < -0.3 is 10.6 Å². The molecule has 0 radical (unpaired) electrons. The molecule has 1 heterocycles. The number of piperidine rings is 1. The molecule has 1 aliphatic heterocycles. The van der Waals surface area contributed by atoms with Crippen LogP contribution in [0.15, 0.2) is 53.4 Å². The van der Waals surface area contributed by atoms with Gasteiger partial charge in [0, 0.05) is 19.0 Å². The lowest BCUT2D eigenvalue weighted by Gasteiger charge is -2.33. The number of hydrogen-bond acceptors (Lipinski definition) is 4. The van der Waals surface area contributed by atoms with Crippen molar-refractivity contribution in [3.8, 4) is 0 Å². The number of aryl methyl sites for hydroxylation is 1. The van der Waals surface area contributed by atoms with Gasteiger partial charge in [-0.1, -0.05) is 29.8 Å². The fraction of sp³-hybridized carbons (Fsp3) is 0.316. The summed E-state index contributed by atoms with van der Waals surface area (Å²) < 4.78 is 28.1. The number of nitrogens with one attached hydrogen (secondary N) is 1. The summed E-state index contributed by atoms with van der Waals surface area (Å²) in [5.74, 6) is -0.374. The largest absolute Gasteiger partial charge is 0.370 e. The predicted octanol–water partition coefficient (Wildman–Crippen LogP) is 2.50. The number of benzene rings is 2. The van der Waals surface area contributed by atoms with E-state index in [9.17, 15) is 13.2 Å². The Bertz CT molecular complexity index is 887. The van der Waals surface area contributed by atoms with Crippen molar-refractivity contribution in [2.75, 3.05) is 22.7 Å². The van der Waals surface area contributed by atoms with E-state index in [1.165, 1.54) is 0 Å². The number of nitrogens with two attached hydrogens (primary N) is 1. The van der Waals surface area contributed by atoms with E-state index in [0.717, 1.165) is 11.3 Å². The van der Waals surface area contributed by atoms with E-state index >= 15 is 0 Å². The molecule has 26 heavy (non-hydrogen) atoms. The second kappa shape index (κ2) is 7.37. The molecule has 3 N–H and O–H groups in total. The molecule has 138 valence electrons. The first-order valence-corrected chi connectivity index (χ1v) is 10.1. The third-order valence-corrected chi connectivity index (χ3v) is 6.10. The highest BCUT2D eigenvalue weighted by molar-refractivity contribution is 7.92. The maximum absolute atomic E-state index is 12.7. The summed E-state index contributed by atoms with van der Waals surface area (Å²) in [6.45, 7) is 3.24. The molecule has 0 unspecified atom stereocenters. The Morgan fingerprint density at radius 3 is 2.31 bits per heavy atom. The summed E-state index contributed by atoms with van der Waals surface area (Å²) in [7, 11) is -3.67. The monoisotopic (exact) mass is 373 g/mol. The van der Waals surface area contributed by atoms with Crippen LogP contribution in [0.5, 0.6) is 0 Å². The van der Waals surface area contributed by atoms with E-state index in [4.69, 9.17) is 5.73 Å². The van der Waals surface area contributed by atoms with Crippen LogP contribution in [0.4, 0.5) is 11.4 Å². The number of nitrogens with zero attached hydrogens (tertiary/aromatic N) is 1. The molecule has 0 bridgehead atoms. The quantitative estimate of drug-likeness (QED) is 0.842. The van der Waals surface area contributed by atoms with Crippen LogP contribution in [0.25, 0.3) is 0 Å². The summed E-state index contributed by atoms with van der Waals surface area (Å²) in [5.41, 5.74) is 7.74. The second-order valence-electron chi connectivity index (χ2n) is 6.60. The maximum atomic E-state index is 12.7. The molecule has 0 aliphatic carbocycles. The van der Waals surface area contributed by atoms with E-state index in [-0.39, 0.29) is 16.7 Å². The van der Waals surface area contributed by atoms with Crippen molar-refractivity contribution in [3.05, 3.63) is 54.1 Å². The second-order valence-corrected chi connectivity index (χ2v) is 8.28. The van der Waals surface area contributed by atoms with Crippen LogP contribution in [-0.4, -0.2) is 27.4 Å². The van der Waals surface area contributed by atoms with Crippen molar-refractivity contribution in [2.24, 2.45) is 11.7 Å². The molecule has 3 rings (SSSR count). The molecule has 1 amide bonds. The molecule has 6 nitrogen and oxygen atoms in total. The number of para-hydroxylation sites is 2. The van der Waals surface area contributed by atoms with Crippen LogP contribution in [0.3, 0.4) is 0 Å². The fourth-order valence-corrected chi connectivity index (χ4v) is 4.24. The Kier molecular flexibility index (Phi) is 5.18. The smallest absolute Gasteiger partial charge is 0.261 e. The first-order chi connectivity index (χ1) is 12.4. The van der Waals surface area contributed by atoms with Crippen molar-refractivity contribution < 1.29 is 13.2 Å². The van der Waals surface area contributed by atoms with E-state index in [1.807, 2.05) is 19.1 Å². The lowest BCUT2D eigenvalue weighted by molar-refractivity contribution is -0.122. The van der Waals surface area contributed by atoms with E-state index < -0.39 is 10.0 Å². The standard InChI is InChI=1S/C19H23N3O3S/c1-14-6-8-16(9-7-14)26(24,25)21-17-4-2-3-5-18(17)22-12-10-15(11-13-22)19(20)23/h2-9,15,21H,10-13H2,1H3,(H2,20,23). The Morgan fingerprint density at radius 2 is 1.69 bits per heavy atom. The molecule has 0 atom stereocenters. The average Bonchev–Trinajstić information content (AvgIpc) is 2.62. The minimum atomic E-state index is -3.67. The summed E-state index contributed by atoms with van der Waals surface area (Å²) in [6, 6.07) is 14.0. The van der Waals surface area contributed by atoms with E-state index in [1.54, 1.807) is 36.4 Å². The number of rotatable bonds is 5. The van der Waals surface area contributed by atoms with Crippen LogP contribution < -0.4 is 15.4 Å². The third kappa shape index (κ3) is 3.99. The van der Waals surface area contributed by atoms with Crippen molar-refractivity contribution in [3.63, 3.8) is 0 Å². The minimum Gasteiger partial charge on any atom is -0.370 e. The van der Waals surface area contributed by atoms with Crippen LogP contribution in [0.1, 0.15) is 18.4 Å². The predicted molar refractivity (Wildman–Crippen MR) is 103 cm³/mol. The zero-order valence-corrected chi connectivity index (χ0v) is 15.5. The zero-order chi connectivity index (χ0) is 18.7. The SMILES string of the molecule is Cc1ccc(S(=O)(=O)Nc2ccccc2N2CCC(C(N)=O)CC2)cc1. The molecule has 1 saturated heterocycles. The highest BCUT2D eigenvalue weighted by Crippen LogP contribution is 2.31. The van der Waals surface area contributed by atoms with Crippen LogP contribution in [0.2, 0.25) is 0 Å². The van der Waals surface area contributed by atoms with Gasteiger partial charge in [0.2, 0.25) is 5.91 Å². The van der Waals surface area contributed by atoms with Gasteiger partial charge in [0.25, 0.3) is 10.0 Å². The number of sulfonamides is 1. The molecule has 7 heteroatoms. The van der Waals surface area contributed by atoms with Gasteiger partial charge in [-0.2, -0.15) is 0 Å². The lowest BCUT2D eigenvalue weighted by atomic mass is 9.96. The van der Waals surface area contributed by atoms with Crippen molar-refractivity contribution in [1.82, 2.24) is 0 Å². The Hall–Kier alpha value is -2.54. The highest BCUT2D eigenvalue weighted by Gasteiger charge is 2.25. The number of carbonyl (C=O) groups excluding carboxylic acids is 1. The van der Waals surface area contributed by atoms with Crippen molar-refractivity contribution >= 4 is 27.3 Å². The van der Waals surface area contributed by atoms with Gasteiger partial charge in [0.1, 0.15) is 0 Å². The van der Waals surface area contributed by atoms with Crippen molar-refractivity contribution in [1.29, 1.82) is 0 Å². The third-order valence-electron chi connectivity index (χ3n) is 4.72. The van der Waals surface area contributed by atoms with E-state index in [2.05, 4.69) is 9.62 Å². The molecule has 2 aromatic carbocycles. The molecule has 0 saturated carbocycles. The van der Waals surface area contributed by atoms with Crippen LogP contribution >= 0.6 is 0 Å². The Balaban J connectivity index is 1.82. The van der Waals surface area contributed by atoms with Gasteiger partial charge in [0.05, 0.1) is 16.3 Å². The molecule has 2 aromatic rings. The summed E-state index contributed by atoms with van der Waals surface area (Å²) in [5, 5.41) is 0. The number of carbonyl (C=O) groups is 1. The number of primary amides is 1. The van der Waals surface area contributed by atoms with E-state index in [0.29, 0.717) is 31.6 Å². The number of amides is 1. The topological polar surface area (TPSA) is 92.5 Å². The molecule has 1 aliphatic rings. The first kappa shape index (κ1) is 18.3. The number of hydrogen-bond donors (Lipinski definition) is 2. The zero-order valence-electron chi connectivity index (χ0n) is 14.7. The first-order valence-electron chi connectivity index (χ1n) is 8.59. The molecule has 0 aromatic heterocycles. The summed E-state index contributed by atoms with van der Waals surface area (Å²) in [4.78, 5) is 13.7. The van der Waals surface area contributed by atoms with Gasteiger partial charge in [-0.15, -0.1) is 0 Å². The van der Waals surface area contributed by atoms with Crippen LogP contribution in [-0.2, 0) is 14.8 Å². The fourth-order valence-electron chi connectivity index (χ4n) is 3.16. The molecule has 0 spiro atoms. The highest BCUT2D eigenvalue weighted by atomic mass is 32.2. The Labute approximate surface area is 154 Å². The maximum Gasteiger partial charge on any atom is 0.261 e. The molecular formula is C19H23N3O3S. The van der Waals surface area contributed by atoms with Crippen molar-refractivity contribution in [2.45, 2.75) is 24.7 Å². The van der Waals surface area contributed by atoms with Crippen LogP contribution in [0, 0.1) is 12.8 Å². The van der Waals surface area contributed by atoms with Gasteiger partial charge >= 0.3 is 0 Å². The lowest BCUT2D eigenvalue weighted by Crippen LogP contribution is -2.38. The number of anilines is 2. The Morgan fingerprint density at radius 1 is 1.08 bits per heavy atom. The average molecular weight is 373 g/mol. The van der Waals surface area contributed by atoms with Gasteiger partial charge in [-0.25, -0.2) is 8.42 Å². The summed E-state index contributed by atoms with van der Waals surface area (Å²) in [6.07, 6.45) is 1.35. The summed E-state index contributed by atoms with van der Waals surface area (Å²) >= 11 is 0.